The second-order valence-corrected chi connectivity index (χ2v) is 4.23. The number of nitrogens with zero attached hydrogens (tertiary/aromatic N) is 1. The van der Waals surface area contributed by atoms with Gasteiger partial charge in [0.15, 0.2) is 0 Å². The SMILES string of the molecule is Cc1c(/C=C/C(N)=O)c2ccccc2n1CC(=O)O. The molecule has 0 aliphatic heterocycles. The summed E-state index contributed by atoms with van der Waals surface area (Å²) in [7, 11) is 0. The number of nitrogens with two attached hydrogens (primary N) is 1. The molecule has 0 saturated carbocycles. The minimum absolute atomic E-state index is 0.114. The highest BCUT2D eigenvalue weighted by Crippen LogP contribution is 2.26. The molecule has 0 saturated heterocycles. The van der Waals surface area contributed by atoms with Crippen molar-refractivity contribution >= 4 is 28.9 Å². The fraction of sp³-hybridized carbons (Fsp3) is 0.143. The molecule has 0 bridgehead atoms. The highest BCUT2D eigenvalue weighted by Gasteiger charge is 2.13. The van der Waals surface area contributed by atoms with Gasteiger partial charge in [-0.25, -0.2) is 0 Å². The number of hydrogen-bond donors (Lipinski definition) is 2. The quantitative estimate of drug-likeness (QED) is 0.815. The molecule has 2 aromatic rings. The summed E-state index contributed by atoms with van der Waals surface area (Å²) in [6.45, 7) is 1.71. The average molecular weight is 258 g/mol. The minimum atomic E-state index is -0.908. The van der Waals surface area contributed by atoms with Crippen LogP contribution in [0.3, 0.4) is 0 Å². The Morgan fingerprint density at radius 3 is 2.68 bits per heavy atom. The number of carbonyl (C=O) groups excluding carboxylic acids is 1. The monoisotopic (exact) mass is 258 g/mol. The fourth-order valence-corrected chi connectivity index (χ4v) is 2.17. The Kier molecular flexibility index (Phi) is 3.37. The van der Waals surface area contributed by atoms with Crippen molar-refractivity contribution in [2.45, 2.75) is 13.5 Å². The lowest BCUT2D eigenvalue weighted by molar-refractivity contribution is -0.137. The summed E-state index contributed by atoms with van der Waals surface area (Å²) in [6, 6.07) is 7.46. The van der Waals surface area contributed by atoms with Gasteiger partial charge < -0.3 is 15.4 Å². The number of para-hydroxylation sites is 1. The molecule has 1 heterocycles. The van der Waals surface area contributed by atoms with Crippen molar-refractivity contribution in [1.29, 1.82) is 0 Å². The molecule has 1 amide bonds. The van der Waals surface area contributed by atoms with E-state index >= 15 is 0 Å². The molecule has 19 heavy (non-hydrogen) atoms. The van der Waals surface area contributed by atoms with Crippen molar-refractivity contribution in [3.63, 3.8) is 0 Å². The minimum Gasteiger partial charge on any atom is -0.480 e. The van der Waals surface area contributed by atoms with E-state index in [0.29, 0.717) is 0 Å². The van der Waals surface area contributed by atoms with Crippen molar-refractivity contribution in [3.8, 4) is 0 Å². The molecule has 5 nitrogen and oxygen atoms in total. The molecular formula is C14H14N2O3. The van der Waals surface area contributed by atoms with E-state index < -0.39 is 11.9 Å². The molecule has 0 radical (unpaired) electrons. The largest absolute Gasteiger partial charge is 0.480 e. The summed E-state index contributed by atoms with van der Waals surface area (Å²) < 4.78 is 1.71. The predicted molar refractivity (Wildman–Crippen MR) is 72.5 cm³/mol. The van der Waals surface area contributed by atoms with Gasteiger partial charge in [0.1, 0.15) is 6.54 Å². The molecular weight excluding hydrogens is 244 g/mol. The number of primary amides is 1. The lowest BCUT2D eigenvalue weighted by Crippen LogP contribution is -2.10. The number of aliphatic carboxylic acids is 1. The van der Waals surface area contributed by atoms with Crippen LogP contribution < -0.4 is 5.73 Å². The van der Waals surface area contributed by atoms with Crippen molar-refractivity contribution in [2.75, 3.05) is 0 Å². The van der Waals surface area contributed by atoms with Gasteiger partial charge in [-0.2, -0.15) is 0 Å². The summed E-state index contributed by atoms with van der Waals surface area (Å²) in [5.74, 6) is -1.44. The Morgan fingerprint density at radius 2 is 2.05 bits per heavy atom. The van der Waals surface area contributed by atoms with Gasteiger partial charge >= 0.3 is 5.97 Å². The number of carbonyl (C=O) groups is 2. The third-order valence-electron chi connectivity index (χ3n) is 2.99. The maximum atomic E-state index is 10.9. The molecule has 0 unspecified atom stereocenters. The van der Waals surface area contributed by atoms with E-state index in [1.807, 2.05) is 31.2 Å². The Balaban J connectivity index is 2.66. The van der Waals surface area contributed by atoms with Gasteiger partial charge in [-0.05, 0) is 19.1 Å². The third-order valence-corrected chi connectivity index (χ3v) is 2.99. The Labute approximate surface area is 109 Å². The van der Waals surface area contributed by atoms with Crippen LogP contribution in [0.1, 0.15) is 11.3 Å². The Hall–Kier alpha value is -2.56. The molecule has 0 atom stereocenters. The van der Waals surface area contributed by atoms with E-state index in [1.54, 1.807) is 10.6 Å². The zero-order valence-electron chi connectivity index (χ0n) is 10.5. The molecule has 0 fully saturated rings. The number of carboxylic acids is 1. The first-order valence-corrected chi connectivity index (χ1v) is 5.78. The highest BCUT2D eigenvalue weighted by atomic mass is 16.4. The highest BCUT2D eigenvalue weighted by molar-refractivity contribution is 5.97. The topological polar surface area (TPSA) is 85.3 Å². The zero-order chi connectivity index (χ0) is 14.0. The van der Waals surface area contributed by atoms with Crippen LogP contribution in [0, 0.1) is 6.92 Å². The second kappa shape index (κ2) is 4.97. The van der Waals surface area contributed by atoms with Gasteiger partial charge in [-0.1, -0.05) is 18.2 Å². The second-order valence-electron chi connectivity index (χ2n) is 4.23. The van der Waals surface area contributed by atoms with E-state index in [-0.39, 0.29) is 6.54 Å². The lowest BCUT2D eigenvalue weighted by Gasteiger charge is -2.04. The van der Waals surface area contributed by atoms with Crippen LogP contribution in [0.4, 0.5) is 0 Å². The number of fused-ring (bicyclic) bond motifs is 1. The first-order chi connectivity index (χ1) is 9.00. The summed E-state index contributed by atoms with van der Waals surface area (Å²) in [6.07, 6.45) is 2.90. The van der Waals surface area contributed by atoms with Crippen LogP contribution in [0.2, 0.25) is 0 Å². The molecule has 0 spiro atoms. The third kappa shape index (κ3) is 2.49. The van der Waals surface area contributed by atoms with Crippen LogP contribution in [0.15, 0.2) is 30.3 Å². The summed E-state index contributed by atoms with van der Waals surface area (Å²) in [4.78, 5) is 21.8. The first kappa shape index (κ1) is 12.9. The molecule has 1 aromatic carbocycles. The van der Waals surface area contributed by atoms with Gasteiger partial charge in [0.05, 0.1) is 0 Å². The zero-order valence-corrected chi connectivity index (χ0v) is 10.5. The first-order valence-electron chi connectivity index (χ1n) is 5.78. The molecule has 5 heteroatoms. The van der Waals surface area contributed by atoms with Crippen LogP contribution in [-0.4, -0.2) is 21.6 Å². The van der Waals surface area contributed by atoms with Gasteiger partial charge in [-0.15, -0.1) is 0 Å². The maximum Gasteiger partial charge on any atom is 0.323 e. The molecule has 0 aliphatic carbocycles. The Morgan fingerprint density at radius 1 is 1.37 bits per heavy atom. The van der Waals surface area contributed by atoms with Crippen molar-refractivity contribution in [3.05, 3.63) is 41.6 Å². The number of hydrogen-bond acceptors (Lipinski definition) is 2. The summed E-state index contributed by atoms with van der Waals surface area (Å²) in [5.41, 5.74) is 7.53. The van der Waals surface area contributed by atoms with Crippen molar-refractivity contribution < 1.29 is 14.7 Å². The number of aromatic nitrogens is 1. The molecule has 2 rings (SSSR count). The predicted octanol–water partition coefficient (Wildman–Crippen LogP) is 1.53. The van der Waals surface area contributed by atoms with Crippen LogP contribution in [0.5, 0.6) is 0 Å². The van der Waals surface area contributed by atoms with E-state index in [2.05, 4.69) is 0 Å². The normalized spacial score (nSPS) is 11.2. The Bertz CT molecular complexity index is 683. The van der Waals surface area contributed by atoms with Crippen molar-refractivity contribution in [1.82, 2.24) is 4.57 Å². The number of carboxylic acid groups (broad SMARTS) is 1. The lowest BCUT2D eigenvalue weighted by atomic mass is 10.1. The number of amides is 1. The smallest absolute Gasteiger partial charge is 0.323 e. The molecule has 98 valence electrons. The van der Waals surface area contributed by atoms with E-state index in [1.165, 1.54) is 6.08 Å². The molecule has 3 N–H and O–H groups in total. The van der Waals surface area contributed by atoms with Gasteiger partial charge in [0.2, 0.25) is 5.91 Å². The van der Waals surface area contributed by atoms with E-state index in [0.717, 1.165) is 22.2 Å². The van der Waals surface area contributed by atoms with Gasteiger partial charge in [-0.3, -0.25) is 9.59 Å². The van der Waals surface area contributed by atoms with Crippen LogP contribution in [-0.2, 0) is 16.1 Å². The van der Waals surface area contributed by atoms with Crippen LogP contribution in [0.25, 0.3) is 17.0 Å². The van der Waals surface area contributed by atoms with E-state index in [9.17, 15) is 9.59 Å². The standard InChI is InChI=1S/C14H14N2O3/c1-9-10(6-7-13(15)17)11-4-2-3-5-12(11)16(9)8-14(18)19/h2-7H,8H2,1H3,(H2,15,17)(H,18,19)/b7-6+. The maximum absolute atomic E-state index is 10.9. The van der Waals surface area contributed by atoms with Gasteiger partial charge in [0.25, 0.3) is 0 Å². The van der Waals surface area contributed by atoms with Gasteiger partial charge in [0, 0.05) is 28.2 Å². The summed E-state index contributed by atoms with van der Waals surface area (Å²) >= 11 is 0. The van der Waals surface area contributed by atoms with E-state index in [4.69, 9.17) is 10.8 Å². The van der Waals surface area contributed by atoms with Crippen molar-refractivity contribution in [2.24, 2.45) is 5.73 Å². The molecule has 0 aliphatic rings. The number of rotatable bonds is 4. The fourth-order valence-electron chi connectivity index (χ4n) is 2.17. The number of benzene rings is 1. The molecule has 1 aromatic heterocycles. The van der Waals surface area contributed by atoms with Crippen LogP contribution >= 0.6 is 0 Å². The average Bonchev–Trinajstić information content (AvgIpc) is 2.60. The summed E-state index contributed by atoms with van der Waals surface area (Å²) in [5, 5.41) is 9.87.